The molecule has 0 saturated carbocycles. The van der Waals surface area contributed by atoms with Gasteiger partial charge < -0.3 is 0 Å². The molecule has 0 aliphatic rings. The fourth-order valence-corrected chi connectivity index (χ4v) is 2.92. The van der Waals surface area contributed by atoms with E-state index in [1.165, 1.54) is 32.3 Å². The van der Waals surface area contributed by atoms with E-state index < -0.39 is 0 Å². The van der Waals surface area contributed by atoms with Crippen molar-refractivity contribution in [3.63, 3.8) is 0 Å². The standard InChI is InChI=1S/C18H12/c1-11-3-5-13-7-8-14-6-4-12(2)16-10-9-15(11)17(13)18(14)16/h3-10H,1-2H2. The summed E-state index contributed by atoms with van der Waals surface area (Å²) >= 11 is 0. The molecule has 0 heteroatoms. The number of hydrogen-bond acceptors (Lipinski definition) is 0. The molecule has 0 nitrogen and oxygen atoms in total. The van der Waals surface area contributed by atoms with E-state index in [1.807, 2.05) is 0 Å². The van der Waals surface area contributed by atoms with Crippen molar-refractivity contribution < 1.29 is 0 Å². The van der Waals surface area contributed by atoms with E-state index in [0.29, 0.717) is 0 Å². The van der Waals surface area contributed by atoms with Crippen LogP contribution in [0.5, 0.6) is 0 Å². The molecule has 0 bridgehead atoms. The van der Waals surface area contributed by atoms with Crippen molar-refractivity contribution in [3.8, 4) is 0 Å². The van der Waals surface area contributed by atoms with Crippen molar-refractivity contribution in [2.75, 3.05) is 0 Å². The predicted molar refractivity (Wildman–Crippen MR) is 80.4 cm³/mol. The predicted octanol–water partition coefficient (Wildman–Crippen LogP) is 3.40. The average molecular weight is 228 g/mol. The molecule has 4 aromatic rings. The molecule has 0 N–H and O–H groups in total. The van der Waals surface area contributed by atoms with E-state index in [9.17, 15) is 0 Å². The van der Waals surface area contributed by atoms with Gasteiger partial charge >= 0.3 is 0 Å². The van der Waals surface area contributed by atoms with Crippen molar-refractivity contribution in [1.29, 1.82) is 0 Å². The van der Waals surface area contributed by atoms with Crippen molar-refractivity contribution >= 4 is 45.5 Å². The fraction of sp³-hybridized carbons (Fsp3) is 0. The van der Waals surface area contributed by atoms with Crippen LogP contribution in [0.4, 0.5) is 0 Å². The normalized spacial score (nSPS) is 11.8. The molecule has 18 heavy (non-hydrogen) atoms. The number of hydrogen-bond donors (Lipinski definition) is 0. The van der Waals surface area contributed by atoms with Crippen LogP contribution in [-0.2, 0) is 0 Å². The highest BCUT2D eigenvalue weighted by Crippen LogP contribution is 2.31. The average Bonchev–Trinajstić information content (AvgIpc) is 2.40. The van der Waals surface area contributed by atoms with E-state index in [1.54, 1.807) is 0 Å². The van der Waals surface area contributed by atoms with Gasteiger partial charge in [-0.25, -0.2) is 0 Å². The highest BCUT2D eigenvalue weighted by atomic mass is 14.1. The van der Waals surface area contributed by atoms with Crippen LogP contribution < -0.4 is 10.4 Å². The zero-order valence-electron chi connectivity index (χ0n) is 10.0. The summed E-state index contributed by atoms with van der Waals surface area (Å²) < 4.78 is 0. The van der Waals surface area contributed by atoms with Gasteiger partial charge in [0.15, 0.2) is 0 Å². The molecule has 0 spiro atoms. The van der Waals surface area contributed by atoms with Crippen LogP contribution in [0.2, 0.25) is 0 Å². The van der Waals surface area contributed by atoms with Crippen LogP contribution in [0.3, 0.4) is 0 Å². The molecule has 0 unspecified atom stereocenters. The second kappa shape index (κ2) is 3.11. The third-order valence-corrected chi connectivity index (χ3v) is 3.85. The molecule has 0 atom stereocenters. The maximum atomic E-state index is 4.13. The molecule has 0 aromatic heterocycles. The van der Waals surface area contributed by atoms with Gasteiger partial charge in [0, 0.05) is 0 Å². The van der Waals surface area contributed by atoms with Crippen LogP contribution in [0.25, 0.3) is 45.5 Å². The third-order valence-electron chi connectivity index (χ3n) is 3.85. The zero-order valence-corrected chi connectivity index (χ0v) is 10.0. The highest BCUT2D eigenvalue weighted by molar-refractivity contribution is 6.22. The Balaban J connectivity index is 2.56. The Morgan fingerprint density at radius 1 is 0.500 bits per heavy atom. The molecule has 0 radical (unpaired) electrons. The summed E-state index contributed by atoms with van der Waals surface area (Å²) in [6.07, 6.45) is 0. The summed E-state index contributed by atoms with van der Waals surface area (Å²) in [5.74, 6) is 0. The van der Waals surface area contributed by atoms with Crippen molar-refractivity contribution in [3.05, 3.63) is 59.0 Å². The summed E-state index contributed by atoms with van der Waals surface area (Å²) in [4.78, 5) is 0. The lowest BCUT2D eigenvalue weighted by atomic mass is 9.93. The van der Waals surface area contributed by atoms with Gasteiger partial charge in [0.05, 0.1) is 0 Å². The molecular formula is C18H12. The van der Waals surface area contributed by atoms with Crippen LogP contribution in [0.15, 0.2) is 48.5 Å². The molecule has 0 amide bonds. The lowest BCUT2D eigenvalue weighted by Gasteiger charge is -2.10. The minimum absolute atomic E-state index is 1.09. The van der Waals surface area contributed by atoms with Crippen LogP contribution in [-0.4, -0.2) is 0 Å². The van der Waals surface area contributed by atoms with E-state index in [-0.39, 0.29) is 0 Å². The van der Waals surface area contributed by atoms with Crippen molar-refractivity contribution in [1.82, 2.24) is 0 Å². The van der Waals surface area contributed by atoms with Gasteiger partial charge in [-0.15, -0.1) is 0 Å². The smallest absolute Gasteiger partial charge is 0.00208 e. The summed E-state index contributed by atoms with van der Waals surface area (Å²) in [7, 11) is 0. The van der Waals surface area contributed by atoms with Gasteiger partial charge in [0.2, 0.25) is 0 Å². The Bertz CT molecular complexity index is 910. The van der Waals surface area contributed by atoms with Crippen LogP contribution >= 0.6 is 0 Å². The monoisotopic (exact) mass is 228 g/mol. The zero-order chi connectivity index (χ0) is 12.3. The third kappa shape index (κ3) is 1.05. The van der Waals surface area contributed by atoms with Crippen molar-refractivity contribution in [2.24, 2.45) is 0 Å². The Hall–Kier alpha value is -2.34. The van der Waals surface area contributed by atoms with Crippen molar-refractivity contribution in [2.45, 2.75) is 0 Å². The minimum Gasteiger partial charge on any atom is -0.0911 e. The molecule has 0 aliphatic carbocycles. The van der Waals surface area contributed by atoms with E-state index in [2.05, 4.69) is 61.7 Å². The molecule has 4 aromatic carbocycles. The Morgan fingerprint density at radius 3 is 1.33 bits per heavy atom. The highest BCUT2D eigenvalue weighted by Gasteiger charge is 2.07. The van der Waals surface area contributed by atoms with E-state index in [0.717, 1.165) is 10.4 Å². The quantitative estimate of drug-likeness (QED) is 0.405. The second-order valence-corrected chi connectivity index (χ2v) is 4.87. The first-order valence-corrected chi connectivity index (χ1v) is 6.10. The second-order valence-electron chi connectivity index (χ2n) is 4.87. The summed E-state index contributed by atoms with van der Waals surface area (Å²) in [6.45, 7) is 8.27. The molecule has 0 aliphatic heterocycles. The van der Waals surface area contributed by atoms with Gasteiger partial charge in [-0.1, -0.05) is 61.7 Å². The largest absolute Gasteiger partial charge is 0.0911 e. The summed E-state index contributed by atoms with van der Waals surface area (Å²) in [5.41, 5.74) is 0. The Morgan fingerprint density at radius 2 is 0.889 bits per heavy atom. The Kier molecular flexibility index (Phi) is 1.67. The van der Waals surface area contributed by atoms with Gasteiger partial charge in [0.1, 0.15) is 0 Å². The number of rotatable bonds is 0. The van der Waals surface area contributed by atoms with Gasteiger partial charge in [-0.2, -0.15) is 0 Å². The minimum atomic E-state index is 1.09. The maximum Gasteiger partial charge on any atom is -0.00208 e. The molecule has 4 rings (SSSR count). The van der Waals surface area contributed by atoms with Gasteiger partial charge in [-0.05, 0) is 42.8 Å². The fourth-order valence-electron chi connectivity index (χ4n) is 2.92. The molecule has 0 saturated heterocycles. The SMILES string of the molecule is C=c1ccc2ccc3ccc(=C)c4ccc1c2c34. The maximum absolute atomic E-state index is 4.13. The van der Waals surface area contributed by atoms with Gasteiger partial charge in [0.25, 0.3) is 0 Å². The Labute approximate surface area is 105 Å². The first-order chi connectivity index (χ1) is 8.75. The first-order valence-electron chi connectivity index (χ1n) is 6.10. The van der Waals surface area contributed by atoms with E-state index in [4.69, 9.17) is 0 Å². The molecular weight excluding hydrogens is 216 g/mol. The number of benzene rings is 4. The lowest BCUT2D eigenvalue weighted by Crippen LogP contribution is -2.03. The topological polar surface area (TPSA) is 0 Å². The molecule has 0 heterocycles. The first kappa shape index (κ1) is 9.67. The molecule has 84 valence electrons. The van der Waals surface area contributed by atoms with Gasteiger partial charge in [-0.3, -0.25) is 0 Å². The van der Waals surface area contributed by atoms with E-state index >= 15 is 0 Å². The molecule has 0 fully saturated rings. The summed E-state index contributed by atoms with van der Waals surface area (Å²) in [6, 6.07) is 17.2. The lowest BCUT2D eigenvalue weighted by molar-refractivity contribution is 1.70. The van der Waals surface area contributed by atoms with Crippen LogP contribution in [0.1, 0.15) is 0 Å². The summed E-state index contributed by atoms with van der Waals surface area (Å²) in [5, 5.41) is 9.87. The van der Waals surface area contributed by atoms with Crippen LogP contribution in [0, 0.1) is 0 Å².